The maximum absolute atomic E-state index is 12.3. The van der Waals surface area contributed by atoms with Crippen molar-refractivity contribution in [1.82, 2.24) is 26.3 Å². The van der Waals surface area contributed by atoms with Crippen molar-refractivity contribution in [3.8, 4) is 0 Å². The molecule has 158 valence electrons. The predicted molar refractivity (Wildman–Crippen MR) is 97.5 cm³/mol. The van der Waals surface area contributed by atoms with Gasteiger partial charge in [-0.3, -0.25) is 45.0 Å². The molecular weight excluding hydrogens is 438 g/mol. The van der Waals surface area contributed by atoms with Gasteiger partial charge in [0.1, 0.15) is 11.1 Å². The standard InChI is InChI=1S/C16H9N5O9S/c22-11-7(12(23)19-15(26)18-11)9-5-2-1-4(31(28,29)30)3-6(5)10(17-9)8-13(24)20-16(27)21-14(8)25/h1-3,17H,(H,28,29,30)(H2,18,19,22,23,26)(H2,20,21,24,25,27). The number of urea groups is 2. The van der Waals surface area contributed by atoms with Crippen LogP contribution in [-0.2, 0) is 29.3 Å². The minimum absolute atomic E-state index is 0.00190. The molecule has 31 heavy (non-hydrogen) atoms. The van der Waals surface area contributed by atoms with Crippen LogP contribution in [0.2, 0.25) is 0 Å². The quantitative estimate of drug-likeness (QED) is 0.238. The van der Waals surface area contributed by atoms with E-state index in [1.54, 1.807) is 0 Å². The molecule has 4 rings (SSSR count). The normalized spacial score (nSPS) is 17.5. The molecule has 3 heterocycles. The second kappa shape index (κ2) is 6.57. The number of barbiturate groups is 2. The number of aromatic amines is 1. The lowest BCUT2D eigenvalue weighted by atomic mass is 10.1. The zero-order chi connectivity index (χ0) is 22.7. The van der Waals surface area contributed by atoms with Gasteiger partial charge in [0.25, 0.3) is 33.7 Å². The van der Waals surface area contributed by atoms with Gasteiger partial charge in [0, 0.05) is 10.8 Å². The van der Waals surface area contributed by atoms with Crippen LogP contribution in [0, 0.1) is 0 Å². The van der Waals surface area contributed by atoms with Gasteiger partial charge >= 0.3 is 12.1 Å². The third-order valence-electron chi connectivity index (χ3n) is 4.39. The SMILES string of the molecule is O=C1NC(=O)C(=c2[nH]c(=C3C(=O)NC(=O)NC3=O)c3cc(S(=O)(=O)O)ccc23)C(=O)N1. The summed E-state index contributed by atoms with van der Waals surface area (Å²) in [7, 11) is -4.71. The number of imide groups is 4. The first kappa shape index (κ1) is 19.9. The maximum Gasteiger partial charge on any atom is 0.328 e. The van der Waals surface area contributed by atoms with Crippen molar-refractivity contribution in [2.75, 3.05) is 0 Å². The number of carbonyl (C=O) groups excluding carboxylic acids is 6. The second-order valence-electron chi connectivity index (χ2n) is 6.28. The van der Waals surface area contributed by atoms with Gasteiger partial charge in [0.2, 0.25) is 0 Å². The largest absolute Gasteiger partial charge is 0.353 e. The molecule has 0 unspecified atom stereocenters. The molecule has 1 aromatic heterocycles. The van der Waals surface area contributed by atoms with Gasteiger partial charge in [-0.2, -0.15) is 8.42 Å². The van der Waals surface area contributed by atoms with Crippen molar-refractivity contribution in [2.24, 2.45) is 0 Å². The Hall–Kier alpha value is -4.37. The van der Waals surface area contributed by atoms with Crippen molar-refractivity contribution in [3.05, 3.63) is 28.9 Å². The second-order valence-corrected chi connectivity index (χ2v) is 7.70. The zero-order valence-corrected chi connectivity index (χ0v) is 15.7. The molecule has 15 heteroatoms. The van der Waals surface area contributed by atoms with Gasteiger partial charge in [-0.25, -0.2) is 9.59 Å². The lowest BCUT2D eigenvalue weighted by Gasteiger charge is -2.13. The fraction of sp³-hybridized carbons (Fsp3) is 0. The van der Waals surface area contributed by atoms with Crippen LogP contribution in [0.25, 0.3) is 21.9 Å². The van der Waals surface area contributed by atoms with E-state index in [4.69, 9.17) is 0 Å². The fourth-order valence-electron chi connectivity index (χ4n) is 3.15. The molecule has 0 aliphatic carbocycles. The molecule has 0 saturated carbocycles. The number of amides is 8. The van der Waals surface area contributed by atoms with Crippen LogP contribution in [0.15, 0.2) is 23.1 Å². The van der Waals surface area contributed by atoms with Crippen molar-refractivity contribution < 1.29 is 41.7 Å². The van der Waals surface area contributed by atoms with E-state index in [9.17, 15) is 41.7 Å². The number of carbonyl (C=O) groups is 6. The highest BCUT2D eigenvalue weighted by Gasteiger charge is 2.32. The topological polar surface area (TPSA) is 221 Å². The monoisotopic (exact) mass is 447 g/mol. The van der Waals surface area contributed by atoms with Gasteiger partial charge in [-0.05, 0) is 12.1 Å². The Bertz CT molecular complexity index is 1470. The van der Waals surface area contributed by atoms with Crippen LogP contribution in [-0.4, -0.2) is 53.6 Å². The van der Waals surface area contributed by atoms with E-state index in [0.717, 1.165) is 18.2 Å². The summed E-state index contributed by atoms with van der Waals surface area (Å²) in [6, 6.07) is 0.809. The van der Waals surface area contributed by atoms with E-state index in [1.807, 2.05) is 21.3 Å². The molecule has 8 amide bonds. The van der Waals surface area contributed by atoms with Gasteiger partial charge in [-0.1, -0.05) is 6.07 Å². The highest BCUT2D eigenvalue weighted by molar-refractivity contribution is 7.85. The minimum atomic E-state index is -4.71. The van der Waals surface area contributed by atoms with Crippen molar-refractivity contribution in [1.29, 1.82) is 0 Å². The first-order valence-electron chi connectivity index (χ1n) is 8.18. The Morgan fingerprint density at radius 1 is 0.645 bits per heavy atom. The molecule has 0 spiro atoms. The van der Waals surface area contributed by atoms with Crippen molar-refractivity contribution >= 4 is 67.7 Å². The zero-order valence-electron chi connectivity index (χ0n) is 14.9. The summed E-state index contributed by atoms with van der Waals surface area (Å²) in [6.07, 6.45) is 0. The number of nitrogens with one attached hydrogen (secondary N) is 5. The van der Waals surface area contributed by atoms with Gasteiger partial charge in [-0.15, -0.1) is 0 Å². The summed E-state index contributed by atoms with van der Waals surface area (Å²) in [5.74, 6) is -4.48. The van der Waals surface area contributed by atoms with Gasteiger partial charge < -0.3 is 4.98 Å². The molecular formula is C16H9N5O9S. The lowest BCUT2D eigenvalue weighted by molar-refractivity contribution is -0.122. The summed E-state index contributed by atoms with van der Waals surface area (Å²) in [6.45, 7) is 0. The summed E-state index contributed by atoms with van der Waals surface area (Å²) >= 11 is 0. The van der Waals surface area contributed by atoms with Crippen LogP contribution >= 0.6 is 0 Å². The van der Waals surface area contributed by atoms with E-state index in [2.05, 4.69) is 4.98 Å². The first-order chi connectivity index (χ1) is 14.5. The molecule has 0 atom stereocenters. The number of benzene rings is 1. The third-order valence-corrected chi connectivity index (χ3v) is 5.24. The van der Waals surface area contributed by atoms with E-state index >= 15 is 0 Å². The van der Waals surface area contributed by atoms with Crippen molar-refractivity contribution in [2.45, 2.75) is 4.90 Å². The fourth-order valence-corrected chi connectivity index (χ4v) is 3.65. The van der Waals surface area contributed by atoms with E-state index in [1.165, 1.54) is 0 Å². The average Bonchev–Trinajstić information content (AvgIpc) is 2.98. The van der Waals surface area contributed by atoms with Crippen LogP contribution in [0.3, 0.4) is 0 Å². The highest BCUT2D eigenvalue weighted by atomic mass is 32.2. The van der Waals surface area contributed by atoms with E-state index < -0.39 is 61.9 Å². The maximum atomic E-state index is 12.3. The molecule has 2 fully saturated rings. The molecule has 2 aliphatic rings. The summed E-state index contributed by atoms with van der Waals surface area (Å²) in [4.78, 5) is 73.6. The van der Waals surface area contributed by atoms with E-state index in [0.29, 0.717) is 0 Å². The molecule has 2 aromatic rings. The first-order valence-corrected chi connectivity index (χ1v) is 9.62. The minimum Gasteiger partial charge on any atom is -0.353 e. The third kappa shape index (κ3) is 3.22. The highest BCUT2D eigenvalue weighted by Crippen LogP contribution is 2.16. The molecule has 14 nitrogen and oxygen atoms in total. The Morgan fingerprint density at radius 2 is 1.06 bits per heavy atom. The van der Waals surface area contributed by atoms with Gasteiger partial charge in [0.05, 0.1) is 15.6 Å². The number of hydrogen-bond donors (Lipinski definition) is 6. The van der Waals surface area contributed by atoms with Crippen LogP contribution in [0.4, 0.5) is 9.59 Å². The number of rotatable bonds is 1. The smallest absolute Gasteiger partial charge is 0.328 e. The van der Waals surface area contributed by atoms with E-state index in [-0.39, 0.29) is 21.5 Å². The molecule has 0 radical (unpaired) electrons. The Balaban J connectivity index is 2.20. The van der Waals surface area contributed by atoms with Crippen LogP contribution in [0.5, 0.6) is 0 Å². The Labute approximate surface area is 170 Å². The summed E-state index contributed by atoms with van der Waals surface area (Å²) in [5.41, 5.74) is -1.25. The number of fused-ring (bicyclic) bond motifs is 1. The Morgan fingerprint density at radius 3 is 1.48 bits per heavy atom. The summed E-state index contributed by atoms with van der Waals surface area (Å²) in [5, 5.41) is 6.65. The molecule has 0 bridgehead atoms. The Kier molecular flexibility index (Phi) is 4.23. The lowest BCUT2D eigenvalue weighted by Crippen LogP contribution is -2.53. The number of hydrogen-bond acceptors (Lipinski definition) is 8. The predicted octanol–water partition coefficient (Wildman–Crippen LogP) is -3.55. The molecule has 2 saturated heterocycles. The molecule has 6 N–H and O–H groups in total. The van der Waals surface area contributed by atoms with Crippen LogP contribution in [0.1, 0.15) is 0 Å². The molecule has 1 aromatic carbocycles. The number of H-pyrrole nitrogens is 1. The average molecular weight is 447 g/mol. The number of aromatic nitrogens is 1. The van der Waals surface area contributed by atoms with Gasteiger partial charge in [0.15, 0.2) is 0 Å². The van der Waals surface area contributed by atoms with Crippen LogP contribution < -0.4 is 32.0 Å². The summed E-state index contributed by atoms with van der Waals surface area (Å²) < 4.78 is 32.4. The van der Waals surface area contributed by atoms with Crippen molar-refractivity contribution in [3.63, 3.8) is 0 Å². The molecule has 2 aliphatic heterocycles.